The third-order valence-electron chi connectivity index (χ3n) is 2.46. The number of ether oxygens (including phenoxy) is 1. The maximum Gasteiger partial charge on any atom is 0.216 e. The third kappa shape index (κ3) is 1.58. The maximum absolute atomic E-state index is 5.61. The molecule has 0 aliphatic carbocycles. The summed E-state index contributed by atoms with van der Waals surface area (Å²) in [5, 5.41) is 0. The van der Waals surface area contributed by atoms with Crippen molar-refractivity contribution < 1.29 is 4.74 Å². The van der Waals surface area contributed by atoms with Crippen LogP contribution in [0.4, 0.5) is 5.69 Å². The second kappa shape index (κ2) is 3.33. The van der Waals surface area contributed by atoms with Crippen LogP contribution in [0.3, 0.4) is 0 Å². The Morgan fingerprint density at radius 1 is 1.21 bits per heavy atom. The van der Waals surface area contributed by atoms with Crippen molar-refractivity contribution in [3.05, 3.63) is 29.8 Å². The molecule has 14 heavy (non-hydrogen) atoms. The lowest BCUT2D eigenvalue weighted by Crippen LogP contribution is -2.14. The largest absolute Gasteiger partial charge is 0.472 e. The molecule has 1 aliphatic heterocycles. The summed E-state index contributed by atoms with van der Waals surface area (Å²) >= 11 is 0. The van der Waals surface area contributed by atoms with Crippen LogP contribution in [0.15, 0.2) is 29.3 Å². The standard InChI is InChI=1S/C11H14N2O/c1-7-8(2)14-11(13-7)9-3-5-10(12)6-4-9/h3-8H,12H2,1-2H3. The van der Waals surface area contributed by atoms with E-state index in [4.69, 9.17) is 10.5 Å². The molecule has 0 amide bonds. The van der Waals surface area contributed by atoms with Gasteiger partial charge >= 0.3 is 0 Å². The molecule has 2 N–H and O–H groups in total. The molecule has 1 aliphatic rings. The SMILES string of the molecule is CC1N=C(c2ccc(N)cc2)OC1C. The molecule has 3 nitrogen and oxygen atoms in total. The number of hydrogen-bond donors (Lipinski definition) is 1. The van der Waals surface area contributed by atoms with Crippen LogP contribution in [0, 0.1) is 0 Å². The van der Waals surface area contributed by atoms with Crippen molar-refractivity contribution in [1.82, 2.24) is 0 Å². The third-order valence-corrected chi connectivity index (χ3v) is 2.46. The van der Waals surface area contributed by atoms with Crippen molar-refractivity contribution in [2.75, 3.05) is 5.73 Å². The molecule has 3 heteroatoms. The first kappa shape index (κ1) is 9.06. The fourth-order valence-corrected chi connectivity index (χ4v) is 1.36. The van der Waals surface area contributed by atoms with E-state index in [2.05, 4.69) is 11.9 Å². The zero-order chi connectivity index (χ0) is 10.1. The highest BCUT2D eigenvalue weighted by Gasteiger charge is 2.23. The highest BCUT2D eigenvalue weighted by Crippen LogP contribution is 2.18. The summed E-state index contributed by atoms with van der Waals surface area (Å²) in [6.07, 6.45) is 0.169. The molecular formula is C11H14N2O. The van der Waals surface area contributed by atoms with Gasteiger partial charge in [0.2, 0.25) is 5.90 Å². The predicted octanol–water partition coefficient (Wildman–Crippen LogP) is 1.82. The maximum atomic E-state index is 5.61. The van der Waals surface area contributed by atoms with E-state index in [1.54, 1.807) is 0 Å². The Bertz CT molecular complexity index is 356. The molecule has 1 aromatic rings. The lowest BCUT2D eigenvalue weighted by Gasteiger charge is -2.07. The molecule has 2 rings (SSSR count). The van der Waals surface area contributed by atoms with Gasteiger partial charge in [0.05, 0.1) is 6.04 Å². The van der Waals surface area contributed by atoms with Crippen LogP contribution in [-0.2, 0) is 4.74 Å². The Kier molecular flexibility index (Phi) is 2.15. The summed E-state index contributed by atoms with van der Waals surface area (Å²) < 4.78 is 5.61. The van der Waals surface area contributed by atoms with E-state index in [1.807, 2.05) is 31.2 Å². The average Bonchev–Trinajstić information content (AvgIpc) is 2.48. The molecule has 0 aromatic heterocycles. The van der Waals surface area contributed by atoms with Crippen LogP contribution in [0.1, 0.15) is 19.4 Å². The van der Waals surface area contributed by atoms with E-state index in [9.17, 15) is 0 Å². The van der Waals surface area contributed by atoms with E-state index in [-0.39, 0.29) is 12.1 Å². The van der Waals surface area contributed by atoms with Gasteiger partial charge in [-0.2, -0.15) is 0 Å². The average molecular weight is 190 g/mol. The van der Waals surface area contributed by atoms with Crippen LogP contribution in [0.2, 0.25) is 0 Å². The number of nitrogens with zero attached hydrogens (tertiary/aromatic N) is 1. The first-order chi connectivity index (χ1) is 6.66. The van der Waals surface area contributed by atoms with Crippen molar-refractivity contribution in [2.24, 2.45) is 4.99 Å². The van der Waals surface area contributed by atoms with E-state index in [0.29, 0.717) is 0 Å². The number of aliphatic imine (C=N–C) groups is 1. The summed E-state index contributed by atoms with van der Waals surface area (Å²) in [7, 11) is 0. The van der Waals surface area contributed by atoms with Crippen molar-refractivity contribution in [3.63, 3.8) is 0 Å². The molecule has 0 bridgehead atoms. The Morgan fingerprint density at radius 2 is 1.86 bits per heavy atom. The van der Waals surface area contributed by atoms with E-state index < -0.39 is 0 Å². The first-order valence-corrected chi connectivity index (χ1v) is 4.77. The fraction of sp³-hybridized carbons (Fsp3) is 0.364. The first-order valence-electron chi connectivity index (χ1n) is 4.77. The Balaban J connectivity index is 2.25. The van der Waals surface area contributed by atoms with E-state index in [1.165, 1.54) is 0 Å². The van der Waals surface area contributed by atoms with Crippen molar-refractivity contribution >= 4 is 11.6 Å². The van der Waals surface area contributed by atoms with E-state index >= 15 is 0 Å². The number of hydrogen-bond acceptors (Lipinski definition) is 3. The lowest BCUT2D eigenvalue weighted by atomic mass is 10.2. The summed E-state index contributed by atoms with van der Waals surface area (Å²) in [6, 6.07) is 7.81. The molecule has 2 unspecified atom stereocenters. The van der Waals surface area contributed by atoms with Crippen LogP contribution >= 0.6 is 0 Å². The van der Waals surface area contributed by atoms with Gasteiger partial charge < -0.3 is 10.5 Å². The van der Waals surface area contributed by atoms with Gasteiger partial charge in [0, 0.05) is 11.3 Å². The van der Waals surface area contributed by atoms with Crippen LogP contribution in [0.25, 0.3) is 0 Å². The molecule has 1 heterocycles. The van der Waals surface area contributed by atoms with Crippen molar-refractivity contribution in [2.45, 2.75) is 26.0 Å². The number of rotatable bonds is 1. The van der Waals surface area contributed by atoms with Gasteiger partial charge in [-0.15, -0.1) is 0 Å². The molecule has 74 valence electrons. The minimum Gasteiger partial charge on any atom is -0.472 e. The second-order valence-corrected chi connectivity index (χ2v) is 3.62. The summed E-state index contributed by atoms with van der Waals surface area (Å²) in [5.74, 6) is 0.727. The molecule has 0 fully saturated rings. The summed E-state index contributed by atoms with van der Waals surface area (Å²) in [4.78, 5) is 4.42. The highest BCUT2D eigenvalue weighted by molar-refractivity contribution is 5.95. The van der Waals surface area contributed by atoms with Gasteiger partial charge in [0.1, 0.15) is 6.10 Å². The van der Waals surface area contributed by atoms with Gasteiger partial charge in [-0.1, -0.05) is 0 Å². The normalized spacial score (nSPS) is 25.7. The van der Waals surface area contributed by atoms with E-state index in [0.717, 1.165) is 17.1 Å². The Hall–Kier alpha value is -1.51. The second-order valence-electron chi connectivity index (χ2n) is 3.62. The predicted molar refractivity (Wildman–Crippen MR) is 57.4 cm³/mol. The summed E-state index contributed by atoms with van der Waals surface area (Å²) in [5.41, 5.74) is 7.35. The Morgan fingerprint density at radius 3 is 2.36 bits per heavy atom. The van der Waals surface area contributed by atoms with Gasteiger partial charge in [-0.05, 0) is 38.1 Å². The molecule has 0 radical (unpaired) electrons. The highest BCUT2D eigenvalue weighted by atomic mass is 16.5. The van der Waals surface area contributed by atoms with Crippen LogP contribution in [-0.4, -0.2) is 18.0 Å². The summed E-state index contributed by atoms with van der Waals surface area (Å²) in [6.45, 7) is 4.08. The number of benzene rings is 1. The quantitative estimate of drug-likeness (QED) is 0.687. The molecule has 0 spiro atoms. The smallest absolute Gasteiger partial charge is 0.216 e. The zero-order valence-corrected chi connectivity index (χ0v) is 8.40. The molecule has 0 saturated heterocycles. The molecule has 2 atom stereocenters. The lowest BCUT2D eigenvalue weighted by molar-refractivity contribution is 0.219. The number of anilines is 1. The molecule has 1 aromatic carbocycles. The van der Waals surface area contributed by atoms with Gasteiger partial charge in [0.25, 0.3) is 0 Å². The number of nitrogens with two attached hydrogens (primary N) is 1. The Labute approximate surface area is 83.6 Å². The van der Waals surface area contributed by atoms with Gasteiger partial charge in [0.15, 0.2) is 0 Å². The minimum atomic E-state index is 0.169. The van der Waals surface area contributed by atoms with Gasteiger partial charge in [-0.3, -0.25) is 0 Å². The minimum absolute atomic E-state index is 0.169. The van der Waals surface area contributed by atoms with Gasteiger partial charge in [-0.25, -0.2) is 4.99 Å². The molecular weight excluding hydrogens is 176 g/mol. The van der Waals surface area contributed by atoms with Crippen molar-refractivity contribution in [3.8, 4) is 0 Å². The monoisotopic (exact) mass is 190 g/mol. The number of nitrogen functional groups attached to an aromatic ring is 1. The van der Waals surface area contributed by atoms with Crippen molar-refractivity contribution in [1.29, 1.82) is 0 Å². The fourth-order valence-electron chi connectivity index (χ4n) is 1.36. The van der Waals surface area contributed by atoms with Crippen LogP contribution < -0.4 is 5.73 Å². The zero-order valence-electron chi connectivity index (χ0n) is 8.40. The molecule has 0 saturated carbocycles. The topological polar surface area (TPSA) is 47.6 Å². The van der Waals surface area contributed by atoms with Crippen LogP contribution in [0.5, 0.6) is 0 Å².